The quantitative estimate of drug-likeness (QED) is 0.773. The van der Waals surface area contributed by atoms with Gasteiger partial charge in [-0.2, -0.15) is 13.2 Å². The molecule has 8 heteroatoms. The van der Waals surface area contributed by atoms with Crippen molar-refractivity contribution in [2.24, 2.45) is 16.7 Å². The molecule has 4 unspecified atom stereocenters. The minimum Gasteiger partial charge on any atom is -0.390 e. The molecule has 5 fully saturated rings. The lowest BCUT2D eigenvalue weighted by Crippen LogP contribution is -2.64. The van der Waals surface area contributed by atoms with Crippen molar-refractivity contribution < 1.29 is 27.9 Å². The number of hydrogen-bond donors (Lipinski definition) is 1. The Hall–Kier alpha value is -1.31. The van der Waals surface area contributed by atoms with E-state index in [0.717, 1.165) is 43.4 Å². The van der Waals surface area contributed by atoms with Crippen LogP contribution in [0.5, 0.6) is 0 Å². The Kier molecular flexibility index (Phi) is 4.53. The summed E-state index contributed by atoms with van der Waals surface area (Å²) in [7, 11) is 0. The molecule has 0 aromatic carbocycles. The Labute approximate surface area is 163 Å². The highest BCUT2D eigenvalue weighted by atomic mass is 19.4. The highest BCUT2D eigenvalue weighted by molar-refractivity contribution is 5.84. The van der Waals surface area contributed by atoms with Gasteiger partial charge in [0, 0.05) is 26.2 Å². The molecular formula is C20H29F3N2O3. The lowest BCUT2D eigenvalue weighted by atomic mass is 9.42. The maximum Gasteiger partial charge on any atom is 0.471 e. The van der Waals surface area contributed by atoms with E-state index >= 15 is 0 Å². The second-order valence-corrected chi connectivity index (χ2v) is 9.80. The molecule has 158 valence electrons. The number of aliphatic hydroxyl groups is 1. The van der Waals surface area contributed by atoms with Gasteiger partial charge in [0.25, 0.3) is 0 Å². The fourth-order valence-corrected chi connectivity index (χ4v) is 7.06. The van der Waals surface area contributed by atoms with Crippen LogP contribution in [-0.4, -0.2) is 64.7 Å². The summed E-state index contributed by atoms with van der Waals surface area (Å²) in [6.07, 6.45) is 1.01. The van der Waals surface area contributed by atoms with Crippen molar-refractivity contribution in [3.63, 3.8) is 0 Å². The summed E-state index contributed by atoms with van der Waals surface area (Å²) < 4.78 is 38.3. The second kappa shape index (κ2) is 6.34. The summed E-state index contributed by atoms with van der Waals surface area (Å²) in [6.45, 7) is 2.55. The summed E-state index contributed by atoms with van der Waals surface area (Å²) in [5.74, 6) is -1.49. The Morgan fingerprint density at radius 3 is 2.32 bits per heavy atom. The molecule has 5 aliphatic rings. The van der Waals surface area contributed by atoms with Crippen molar-refractivity contribution in [3.8, 4) is 0 Å². The molecule has 4 atom stereocenters. The van der Waals surface area contributed by atoms with E-state index in [4.69, 9.17) is 0 Å². The number of halogens is 3. The first kappa shape index (κ1) is 20.0. The van der Waals surface area contributed by atoms with Crippen molar-refractivity contribution >= 4 is 11.8 Å². The van der Waals surface area contributed by atoms with Gasteiger partial charge in [0.05, 0.1) is 11.0 Å². The van der Waals surface area contributed by atoms with Crippen LogP contribution in [0.4, 0.5) is 13.2 Å². The predicted molar refractivity (Wildman–Crippen MR) is 95.1 cm³/mol. The van der Waals surface area contributed by atoms with Gasteiger partial charge < -0.3 is 14.9 Å². The molecule has 2 amide bonds. The molecular weight excluding hydrogens is 373 g/mol. The van der Waals surface area contributed by atoms with Gasteiger partial charge in [0.15, 0.2) is 0 Å². The highest BCUT2D eigenvalue weighted by Gasteiger charge is 2.65. The van der Waals surface area contributed by atoms with Gasteiger partial charge in [0.1, 0.15) is 0 Å². The average Bonchev–Trinajstić information content (AvgIpc) is 2.83. The lowest BCUT2D eigenvalue weighted by molar-refractivity contribution is -0.209. The van der Waals surface area contributed by atoms with E-state index in [-0.39, 0.29) is 31.0 Å². The minimum atomic E-state index is -4.88. The first-order valence-electron chi connectivity index (χ1n) is 10.4. The van der Waals surface area contributed by atoms with Crippen LogP contribution in [0, 0.1) is 16.7 Å². The first-order valence-corrected chi connectivity index (χ1v) is 10.4. The zero-order chi connectivity index (χ0) is 20.4. The van der Waals surface area contributed by atoms with E-state index in [0.29, 0.717) is 25.3 Å². The molecule has 0 aromatic heterocycles. The zero-order valence-corrected chi connectivity index (χ0v) is 16.4. The van der Waals surface area contributed by atoms with Crippen LogP contribution in [0.1, 0.15) is 58.3 Å². The van der Waals surface area contributed by atoms with Crippen LogP contribution in [0.25, 0.3) is 0 Å². The largest absolute Gasteiger partial charge is 0.471 e. The third-order valence-electron chi connectivity index (χ3n) is 7.67. The molecule has 1 saturated heterocycles. The fourth-order valence-electron chi connectivity index (χ4n) is 7.06. The van der Waals surface area contributed by atoms with E-state index in [1.807, 2.05) is 0 Å². The van der Waals surface area contributed by atoms with Gasteiger partial charge in [0.2, 0.25) is 5.91 Å². The summed E-state index contributed by atoms with van der Waals surface area (Å²) in [5.41, 5.74) is -1.36. The van der Waals surface area contributed by atoms with Crippen LogP contribution < -0.4 is 0 Å². The van der Waals surface area contributed by atoms with E-state index in [9.17, 15) is 27.9 Å². The van der Waals surface area contributed by atoms with Crippen LogP contribution in [0.15, 0.2) is 0 Å². The third-order valence-corrected chi connectivity index (χ3v) is 7.67. The van der Waals surface area contributed by atoms with E-state index in [1.165, 1.54) is 0 Å². The van der Waals surface area contributed by atoms with Gasteiger partial charge in [-0.05, 0) is 56.3 Å². The van der Waals surface area contributed by atoms with Crippen molar-refractivity contribution in [3.05, 3.63) is 0 Å². The topological polar surface area (TPSA) is 60.9 Å². The smallest absolute Gasteiger partial charge is 0.390 e. The Bertz CT molecular complexity index is 684. The van der Waals surface area contributed by atoms with Crippen molar-refractivity contribution in [1.82, 2.24) is 9.80 Å². The number of amides is 2. The van der Waals surface area contributed by atoms with Gasteiger partial charge in [-0.25, -0.2) is 0 Å². The fraction of sp³-hybridized carbons (Fsp3) is 0.900. The van der Waals surface area contributed by atoms with Gasteiger partial charge in [-0.3, -0.25) is 9.59 Å². The van der Waals surface area contributed by atoms with E-state index in [2.05, 4.69) is 6.92 Å². The molecule has 4 saturated carbocycles. The number of hydrogen-bond acceptors (Lipinski definition) is 3. The molecule has 28 heavy (non-hydrogen) atoms. The second-order valence-electron chi connectivity index (χ2n) is 9.80. The molecule has 0 aromatic rings. The van der Waals surface area contributed by atoms with Gasteiger partial charge in [-0.15, -0.1) is 0 Å². The molecule has 4 aliphatic carbocycles. The maximum atomic E-state index is 13.6. The van der Waals surface area contributed by atoms with Gasteiger partial charge in [-0.1, -0.05) is 13.3 Å². The van der Waals surface area contributed by atoms with Gasteiger partial charge >= 0.3 is 12.1 Å². The third kappa shape index (κ3) is 3.21. The number of carbonyl (C=O) groups excluding carboxylic acids is 2. The Balaban J connectivity index is 1.51. The molecule has 0 radical (unpaired) electrons. The predicted octanol–water partition coefficient (Wildman–Crippen LogP) is 2.72. The summed E-state index contributed by atoms with van der Waals surface area (Å²) in [5, 5.41) is 11.1. The van der Waals surface area contributed by atoms with E-state index < -0.39 is 23.1 Å². The molecule has 1 heterocycles. The SMILES string of the molecule is CCC12CC3CC(O)(C1)CC(C(=O)N1CCCN(C(=O)C(F)(F)F)CC1)(C3)C2. The molecule has 1 N–H and O–H groups in total. The number of carbonyl (C=O) groups is 2. The number of nitrogens with zero attached hydrogens (tertiary/aromatic N) is 2. The molecule has 5 rings (SSSR count). The number of alkyl halides is 3. The van der Waals surface area contributed by atoms with E-state index in [1.54, 1.807) is 4.90 Å². The average molecular weight is 402 g/mol. The molecule has 5 nitrogen and oxygen atoms in total. The molecule has 1 aliphatic heterocycles. The van der Waals surface area contributed by atoms with Crippen molar-refractivity contribution in [2.75, 3.05) is 26.2 Å². The zero-order valence-electron chi connectivity index (χ0n) is 16.4. The summed E-state index contributed by atoms with van der Waals surface area (Å²) in [6, 6.07) is 0. The van der Waals surface area contributed by atoms with Crippen LogP contribution in [0.3, 0.4) is 0 Å². The standard InChI is InChI=1S/C20H29F3N2O3/c1-2-17-8-14-9-18(11-17,13-19(28,10-14)12-17)15(26)24-4-3-5-25(7-6-24)16(27)20(21,22)23/h14,28H,2-13H2,1H3. The summed E-state index contributed by atoms with van der Waals surface area (Å²) >= 11 is 0. The van der Waals surface area contributed by atoms with Crippen LogP contribution >= 0.6 is 0 Å². The monoisotopic (exact) mass is 402 g/mol. The Morgan fingerprint density at radius 2 is 1.68 bits per heavy atom. The van der Waals surface area contributed by atoms with Crippen LogP contribution in [0.2, 0.25) is 0 Å². The first-order chi connectivity index (χ1) is 13.0. The number of rotatable bonds is 2. The Morgan fingerprint density at radius 1 is 1.00 bits per heavy atom. The normalized spacial score (nSPS) is 40.5. The minimum absolute atomic E-state index is 0.00790. The molecule has 4 bridgehead atoms. The van der Waals surface area contributed by atoms with Crippen molar-refractivity contribution in [1.29, 1.82) is 0 Å². The summed E-state index contributed by atoms with van der Waals surface area (Å²) in [4.78, 5) is 27.6. The van der Waals surface area contributed by atoms with Crippen molar-refractivity contribution in [2.45, 2.75) is 70.1 Å². The molecule has 0 spiro atoms. The maximum absolute atomic E-state index is 13.6. The highest BCUT2D eigenvalue weighted by Crippen LogP contribution is 2.68. The lowest BCUT2D eigenvalue weighted by Gasteiger charge is -2.64. The van der Waals surface area contributed by atoms with Crippen LogP contribution in [-0.2, 0) is 9.59 Å².